The fourth-order valence-electron chi connectivity index (χ4n) is 1.31. The second-order valence-electron chi connectivity index (χ2n) is 3.29. The van der Waals surface area contributed by atoms with E-state index in [1.807, 2.05) is 31.2 Å². The largest absolute Gasteiger partial charge is 0.494 e. The lowest BCUT2D eigenvalue weighted by Crippen LogP contribution is -1.95. The average molecular weight is 234 g/mol. The molecule has 0 radical (unpaired) electrons. The van der Waals surface area contributed by atoms with Crippen molar-refractivity contribution in [3.8, 4) is 5.75 Å². The van der Waals surface area contributed by atoms with Crippen LogP contribution >= 0.6 is 0 Å². The van der Waals surface area contributed by atoms with E-state index in [-0.39, 0.29) is 6.54 Å². The number of rotatable bonds is 5. The zero-order valence-electron chi connectivity index (χ0n) is 9.51. The maximum absolute atomic E-state index is 5.37. The van der Waals surface area contributed by atoms with Crippen LogP contribution in [0.2, 0.25) is 0 Å². The van der Waals surface area contributed by atoms with Crippen LogP contribution in [0.1, 0.15) is 12.8 Å². The van der Waals surface area contributed by atoms with Gasteiger partial charge in [-0.2, -0.15) is 0 Å². The topological polar surface area (TPSA) is 86.2 Å². The van der Waals surface area contributed by atoms with Gasteiger partial charge in [-0.25, -0.2) is 0 Å². The maximum Gasteiger partial charge on any atom is 0.320 e. The number of anilines is 2. The lowest BCUT2D eigenvalue weighted by atomic mass is 10.3. The minimum absolute atomic E-state index is 0.234. The van der Waals surface area contributed by atoms with Gasteiger partial charge in [0.1, 0.15) is 5.75 Å². The van der Waals surface area contributed by atoms with Crippen molar-refractivity contribution in [1.82, 2.24) is 10.2 Å². The summed E-state index contributed by atoms with van der Waals surface area (Å²) in [6.45, 7) is 2.83. The second kappa shape index (κ2) is 5.31. The number of benzene rings is 1. The van der Waals surface area contributed by atoms with E-state index < -0.39 is 0 Å². The Morgan fingerprint density at radius 2 is 2.06 bits per heavy atom. The van der Waals surface area contributed by atoms with Crippen LogP contribution in [0.15, 0.2) is 28.7 Å². The first-order valence-corrected chi connectivity index (χ1v) is 5.34. The van der Waals surface area contributed by atoms with Crippen molar-refractivity contribution in [2.75, 3.05) is 11.9 Å². The number of nitrogens with two attached hydrogens (primary N) is 1. The SMILES string of the molecule is CCOc1ccc(Nc2nnc(CN)o2)cc1. The smallest absolute Gasteiger partial charge is 0.320 e. The Balaban J connectivity index is 2.03. The first-order valence-electron chi connectivity index (χ1n) is 5.34. The number of hydrogen-bond acceptors (Lipinski definition) is 6. The van der Waals surface area contributed by atoms with Crippen LogP contribution in [0.3, 0.4) is 0 Å². The van der Waals surface area contributed by atoms with Crippen molar-refractivity contribution in [2.45, 2.75) is 13.5 Å². The third-order valence-electron chi connectivity index (χ3n) is 2.06. The van der Waals surface area contributed by atoms with E-state index in [2.05, 4.69) is 15.5 Å². The number of hydrogen-bond donors (Lipinski definition) is 2. The summed E-state index contributed by atoms with van der Waals surface area (Å²) in [5, 5.41) is 10.5. The van der Waals surface area contributed by atoms with Crippen LogP contribution < -0.4 is 15.8 Å². The fraction of sp³-hybridized carbons (Fsp3) is 0.273. The molecule has 90 valence electrons. The van der Waals surface area contributed by atoms with Gasteiger partial charge in [0.25, 0.3) is 0 Å². The molecule has 0 atom stereocenters. The van der Waals surface area contributed by atoms with Crippen LogP contribution in [0.4, 0.5) is 11.7 Å². The zero-order chi connectivity index (χ0) is 12.1. The van der Waals surface area contributed by atoms with E-state index in [4.69, 9.17) is 14.9 Å². The Bertz CT molecular complexity index is 467. The molecule has 0 unspecified atom stereocenters. The Morgan fingerprint density at radius 1 is 1.29 bits per heavy atom. The van der Waals surface area contributed by atoms with Crippen LogP contribution in [0.5, 0.6) is 5.75 Å². The Labute approximate surface area is 98.8 Å². The monoisotopic (exact) mass is 234 g/mol. The summed E-state index contributed by atoms with van der Waals surface area (Å²) in [7, 11) is 0. The van der Waals surface area contributed by atoms with E-state index in [1.54, 1.807) is 0 Å². The summed E-state index contributed by atoms with van der Waals surface area (Å²) in [5.41, 5.74) is 6.22. The van der Waals surface area contributed by atoms with Gasteiger partial charge in [0, 0.05) is 5.69 Å². The highest BCUT2D eigenvalue weighted by Crippen LogP contribution is 2.19. The predicted molar refractivity (Wildman–Crippen MR) is 63.1 cm³/mol. The first-order chi connectivity index (χ1) is 8.31. The molecule has 0 amide bonds. The van der Waals surface area contributed by atoms with Crippen LogP contribution in [0, 0.1) is 0 Å². The van der Waals surface area contributed by atoms with Crippen LogP contribution in [-0.4, -0.2) is 16.8 Å². The van der Waals surface area contributed by atoms with E-state index in [0.717, 1.165) is 11.4 Å². The normalized spacial score (nSPS) is 10.2. The highest BCUT2D eigenvalue weighted by molar-refractivity contribution is 5.53. The van der Waals surface area contributed by atoms with E-state index in [9.17, 15) is 0 Å². The standard InChI is InChI=1S/C11H14N4O2/c1-2-16-9-5-3-8(4-6-9)13-11-15-14-10(7-12)17-11/h3-6H,2,7,12H2,1H3,(H,13,15). The van der Waals surface area contributed by atoms with Gasteiger partial charge >= 0.3 is 6.01 Å². The number of aromatic nitrogens is 2. The maximum atomic E-state index is 5.37. The Hall–Kier alpha value is -2.08. The average Bonchev–Trinajstić information content (AvgIpc) is 2.80. The first kappa shape index (κ1) is 11.4. The van der Waals surface area contributed by atoms with E-state index in [0.29, 0.717) is 18.5 Å². The molecular formula is C11H14N4O2. The molecule has 0 spiro atoms. The second-order valence-corrected chi connectivity index (χ2v) is 3.29. The highest BCUT2D eigenvalue weighted by Gasteiger charge is 2.04. The molecule has 0 aliphatic heterocycles. The molecule has 2 rings (SSSR count). The lowest BCUT2D eigenvalue weighted by molar-refractivity contribution is 0.340. The Morgan fingerprint density at radius 3 is 2.65 bits per heavy atom. The molecule has 6 heteroatoms. The summed E-state index contributed by atoms with van der Waals surface area (Å²) in [6, 6.07) is 7.81. The van der Waals surface area contributed by atoms with Crippen LogP contribution in [-0.2, 0) is 6.54 Å². The van der Waals surface area contributed by atoms with Crippen molar-refractivity contribution in [3.63, 3.8) is 0 Å². The predicted octanol–water partition coefficient (Wildman–Crippen LogP) is 1.67. The molecular weight excluding hydrogens is 220 g/mol. The molecule has 1 aromatic carbocycles. The third-order valence-corrected chi connectivity index (χ3v) is 2.06. The van der Waals surface area contributed by atoms with Crippen molar-refractivity contribution in [3.05, 3.63) is 30.2 Å². The molecule has 6 nitrogen and oxygen atoms in total. The molecule has 0 aliphatic rings. The van der Waals surface area contributed by atoms with Crippen molar-refractivity contribution in [1.29, 1.82) is 0 Å². The molecule has 2 aromatic rings. The van der Waals surface area contributed by atoms with Gasteiger partial charge in [-0.15, -0.1) is 5.10 Å². The third kappa shape index (κ3) is 2.94. The van der Waals surface area contributed by atoms with E-state index >= 15 is 0 Å². The molecule has 17 heavy (non-hydrogen) atoms. The minimum atomic E-state index is 0.234. The molecule has 0 saturated carbocycles. The lowest BCUT2D eigenvalue weighted by Gasteiger charge is -2.04. The van der Waals surface area contributed by atoms with Gasteiger partial charge in [0.05, 0.1) is 13.2 Å². The Kier molecular flexibility index (Phi) is 3.56. The minimum Gasteiger partial charge on any atom is -0.494 e. The molecule has 1 heterocycles. The van der Waals surface area contributed by atoms with Crippen LogP contribution in [0.25, 0.3) is 0 Å². The summed E-state index contributed by atoms with van der Waals surface area (Å²) in [6.07, 6.45) is 0. The quantitative estimate of drug-likeness (QED) is 0.818. The summed E-state index contributed by atoms with van der Waals surface area (Å²) < 4.78 is 10.6. The summed E-state index contributed by atoms with van der Waals surface area (Å²) >= 11 is 0. The molecule has 1 aromatic heterocycles. The van der Waals surface area contributed by atoms with Gasteiger partial charge in [0.2, 0.25) is 5.89 Å². The van der Waals surface area contributed by atoms with Gasteiger partial charge in [-0.3, -0.25) is 0 Å². The molecule has 0 fully saturated rings. The molecule has 0 bridgehead atoms. The summed E-state index contributed by atoms with van der Waals surface area (Å²) in [4.78, 5) is 0. The van der Waals surface area contributed by atoms with Gasteiger partial charge < -0.3 is 20.2 Å². The fourth-order valence-corrected chi connectivity index (χ4v) is 1.31. The van der Waals surface area contributed by atoms with Gasteiger partial charge in [-0.05, 0) is 31.2 Å². The summed E-state index contributed by atoms with van der Waals surface area (Å²) in [5.74, 6) is 1.23. The molecule has 0 saturated heterocycles. The highest BCUT2D eigenvalue weighted by atomic mass is 16.5. The number of ether oxygens (including phenoxy) is 1. The number of nitrogens with zero attached hydrogens (tertiary/aromatic N) is 2. The zero-order valence-corrected chi connectivity index (χ0v) is 9.51. The van der Waals surface area contributed by atoms with Crippen molar-refractivity contribution >= 4 is 11.7 Å². The van der Waals surface area contributed by atoms with Gasteiger partial charge in [-0.1, -0.05) is 5.10 Å². The van der Waals surface area contributed by atoms with Crippen molar-refractivity contribution in [2.24, 2.45) is 5.73 Å². The molecule has 0 aliphatic carbocycles. The number of nitrogens with one attached hydrogen (secondary N) is 1. The van der Waals surface area contributed by atoms with E-state index in [1.165, 1.54) is 0 Å². The van der Waals surface area contributed by atoms with Gasteiger partial charge in [0.15, 0.2) is 0 Å². The molecule has 3 N–H and O–H groups in total. The van der Waals surface area contributed by atoms with Crippen molar-refractivity contribution < 1.29 is 9.15 Å².